The van der Waals surface area contributed by atoms with Crippen LogP contribution in [0.25, 0.3) is 16.8 Å². The van der Waals surface area contributed by atoms with Crippen LogP contribution in [-0.4, -0.2) is 49.6 Å². The van der Waals surface area contributed by atoms with E-state index in [4.69, 9.17) is 9.82 Å². The largest absolute Gasteiger partial charge is 0.363 e. The van der Waals surface area contributed by atoms with Gasteiger partial charge in [0.15, 0.2) is 5.82 Å². The van der Waals surface area contributed by atoms with E-state index < -0.39 is 5.97 Å². The van der Waals surface area contributed by atoms with Gasteiger partial charge < -0.3 is 10.2 Å². The van der Waals surface area contributed by atoms with E-state index in [1.807, 2.05) is 28.8 Å². The Balaban J connectivity index is 1.33. The van der Waals surface area contributed by atoms with E-state index in [9.17, 15) is 9.59 Å². The highest BCUT2D eigenvalue weighted by Crippen LogP contribution is 2.37. The van der Waals surface area contributed by atoms with Crippen LogP contribution < -0.4 is 5.32 Å². The summed E-state index contributed by atoms with van der Waals surface area (Å²) >= 11 is 0. The number of carbonyl (C=O) groups excluding carboxylic acids is 2. The Morgan fingerprint density at radius 3 is 2.50 bits per heavy atom. The molecule has 0 spiro atoms. The molecule has 6 rings (SSSR count). The lowest BCUT2D eigenvalue weighted by molar-refractivity contribution is -0.122. The molecule has 2 aromatic carbocycles. The lowest BCUT2D eigenvalue weighted by Gasteiger charge is -2.22. The van der Waals surface area contributed by atoms with Crippen LogP contribution in [0.15, 0.2) is 96.4 Å². The predicted molar refractivity (Wildman–Crippen MR) is 150 cm³/mol. The van der Waals surface area contributed by atoms with Crippen LogP contribution in [0.5, 0.6) is 0 Å². The molecular formula is C30H25N7O3. The van der Waals surface area contributed by atoms with Gasteiger partial charge in [0.05, 0.1) is 5.56 Å². The average Bonchev–Trinajstić information content (AvgIpc) is 3.62. The van der Waals surface area contributed by atoms with Gasteiger partial charge in [-0.25, -0.2) is 24.7 Å². The number of hydroxylamine groups is 2. The van der Waals surface area contributed by atoms with Crippen molar-refractivity contribution < 1.29 is 14.4 Å². The molecule has 1 N–H and O–H groups in total. The van der Waals surface area contributed by atoms with Crippen molar-refractivity contribution in [2.24, 2.45) is 4.99 Å². The Labute approximate surface area is 230 Å². The average molecular weight is 532 g/mol. The molecule has 1 atom stereocenters. The van der Waals surface area contributed by atoms with Crippen LogP contribution in [0.1, 0.15) is 45.4 Å². The maximum absolute atomic E-state index is 12.8. The summed E-state index contributed by atoms with van der Waals surface area (Å²) in [7, 11) is 0. The van der Waals surface area contributed by atoms with Crippen molar-refractivity contribution in [1.82, 2.24) is 24.4 Å². The second-order valence-corrected chi connectivity index (χ2v) is 9.24. The molecule has 1 amide bonds. The van der Waals surface area contributed by atoms with Crippen LogP contribution in [0, 0.1) is 0 Å². The number of nitrogens with zero attached hydrogens (tertiary/aromatic N) is 6. The summed E-state index contributed by atoms with van der Waals surface area (Å²) in [6.07, 6.45) is 6.68. The number of fused-ring (bicyclic) bond motifs is 1. The number of aliphatic imine (C=N–C) groups is 1. The quantitative estimate of drug-likeness (QED) is 0.284. The molecule has 1 aliphatic heterocycles. The monoisotopic (exact) mass is 531 g/mol. The van der Waals surface area contributed by atoms with Crippen molar-refractivity contribution in [2.75, 3.05) is 11.9 Å². The minimum absolute atomic E-state index is 0.266. The van der Waals surface area contributed by atoms with Gasteiger partial charge >= 0.3 is 5.97 Å². The third kappa shape index (κ3) is 4.83. The van der Waals surface area contributed by atoms with Gasteiger partial charge in [-0.15, -0.1) is 5.06 Å². The van der Waals surface area contributed by atoms with Crippen molar-refractivity contribution in [3.8, 4) is 11.3 Å². The number of aromatic nitrogens is 4. The molecule has 0 aliphatic carbocycles. The van der Waals surface area contributed by atoms with Gasteiger partial charge in [0, 0.05) is 36.3 Å². The zero-order valence-corrected chi connectivity index (χ0v) is 21.5. The molecule has 10 heteroatoms. The number of hydrogen-bond acceptors (Lipinski definition) is 8. The van der Waals surface area contributed by atoms with Gasteiger partial charge in [0.2, 0.25) is 0 Å². The fourth-order valence-corrected chi connectivity index (χ4v) is 4.84. The van der Waals surface area contributed by atoms with Crippen LogP contribution in [-0.2, 0) is 4.84 Å². The Kier molecular flexibility index (Phi) is 6.82. The fourth-order valence-electron chi connectivity index (χ4n) is 4.84. The van der Waals surface area contributed by atoms with Crippen LogP contribution >= 0.6 is 0 Å². The third-order valence-electron chi connectivity index (χ3n) is 6.75. The highest BCUT2D eigenvalue weighted by atomic mass is 16.7. The maximum Gasteiger partial charge on any atom is 0.357 e. The van der Waals surface area contributed by atoms with Gasteiger partial charge in [0.25, 0.3) is 5.91 Å². The molecule has 1 saturated heterocycles. The predicted octanol–water partition coefficient (Wildman–Crippen LogP) is 5.28. The first-order valence-electron chi connectivity index (χ1n) is 12.8. The molecule has 0 saturated carbocycles. The lowest BCUT2D eigenvalue weighted by atomic mass is 10.1. The Morgan fingerprint density at radius 2 is 1.75 bits per heavy atom. The van der Waals surface area contributed by atoms with E-state index >= 15 is 0 Å². The number of pyridine rings is 1. The van der Waals surface area contributed by atoms with Crippen LogP contribution in [0.4, 0.5) is 11.6 Å². The molecule has 1 aliphatic rings. The minimum atomic E-state index is -0.414. The number of benzene rings is 2. The zero-order chi connectivity index (χ0) is 27.5. The van der Waals surface area contributed by atoms with Crippen molar-refractivity contribution in [1.29, 1.82) is 0 Å². The first kappa shape index (κ1) is 25.1. The van der Waals surface area contributed by atoms with E-state index in [0.717, 1.165) is 18.4 Å². The standard InChI is InChI=1S/C30H25N7O3/c1-31-27-26-25(20-12-14-21(15-13-20)29(38)34-24-11-5-6-16-32-24)35-28(36(26)19-17-33-27)23-10-7-18-37(23)40-30(39)22-8-3-2-4-9-22/h2-6,8-9,11-17,19,23H,1,7,10,18H2,(H,32,34,38). The van der Waals surface area contributed by atoms with E-state index in [1.165, 1.54) is 0 Å². The minimum Gasteiger partial charge on any atom is -0.363 e. The van der Waals surface area contributed by atoms with Gasteiger partial charge in [-0.3, -0.25) is 9.20 Å². The SMILES string of the molecule is C=Nc1nccn2c(C3CCCN3OC(=O)c3ccccc3)nc(-c3ccc(C(=O)Nc4ccccn4)cc3)c12. The third-order valence-corrected chi connectivity index (χ3v) is 6.75. The molecule has 40 heavy (non-hydrogen) atoms. The Bertz CT molecular complexity index is 1690. The Hall–Kier alpha value is -5.22. The number of carbonyl (C=O) groups is 2. The fraction of sp³-hybridized carbons (Fsp3) is 0.133. The molecule has 1 fully saturated rings. The Morgan fingerprint density at radius 1 is 0.950 bits per heavy atom. The summed E-state index contributed by atoms with van der Waals surface area (Å²) < 4.78 is 1.92. The number of amides is 1. The van der Waals surface area contributed by atoms with Crippen molar-refractivity contribution >= 4 is 35.7 Å². The van der Waals surface area contributed by atoms with E-state index in [0.29, 0.717) is 46.3 Å². The van der Waals surface area contributed by atoms with Gasteiger partial charge in [-0.1, -0.05) is 36.4 Å². The summed E-state index contributed by atoms with van der Waals surface area (Å²) in [6.45, 7) is 4.28. The maximum atomic E-state index is 12.8. The lowest BCUT2D eigenvalue weighted by Crippen LogP contribution is -2.28. The second kappa shape index (κ2) is 10.9. The molecule has 10 nitrogen and oxygen atoms in total. The van der Waals surface area contributed by atoms with Gasteiger partial charge in [0.1, 0.15) is 28.9 Å². The van der Waals surface area contributed by atoms with Gasteiger partial charge in [-0.05, 0) is 56.0 Å². The molecule has 4 heterocycles. The number of hydrogen-bond donors (Lipinski definition) is 1. The number of nitrogens with one attached hydrogen (secondary N) is 1. The smallest absolute Gasteiger partial charge is 0.357 e. The highest BCUT2D eigenvalue weighted by molar-refractivity contribution is 6.04. The zero-order valence-electron chi connectivity index (χ0n) is 21.5. The first-order valence-corrected chi connectivity index (χ1v) is 12.8. The summed E-state index contributed by atoms with van der Waals surface area (Å²) in [5.41, 5.74) is 3.06. The molecule has 0 radical (unpaired) electrons. The van der Waals surface area contributed by atoms with Crippen molar-refractivity contribution in [3.63, 3.8) is 0 Å². The van der Waals surface area contributed by atoms with E-state index in [2.05, 4.69) is 27.0 Å². The molecule has 0 bridgehead atoms. The summed E-state index contributed by atoms with van der Waals surface area (Å²) in [5, 5.41) is 4.48. The van der Waals surface area contributed by atoms with Crippen LogP contribution in [0.2, 0.25) is 0 Å². The first-order chi connectivity index (χ1) is 19.6. The molecular weight excluding hydrogens is 506 g/mol. The highest BCUT2D eigenvalue weighted by Gasteiger charge is 2.34. The number of rotatable bonds is 7. The van der Waals surface area contributed by atoms with Crippen molar-refractivity contribution in [3.05, 3.63) is 108 Å². The molecule has 198 valence electrons. The van der Waals surface area contributed by atoms with E-state index in [1.54, 1.807) is 72.1 Å². The number of imidazole rings is 1. The van der Waals surface area contributed by atoms with E-state index in [-0.39, 0.29) is 11.9 Å². The summed E-state index contributed by atoms with van der Waals surface area (Å²) in [6, 6.07) is 21.1. The van der Waals surface area contributed by atoms with Gasteiger partial charge in [-0.2, -0.15) is 0 Å². The molecule has 3 aromatic heterocycles. The topological polar surface area (TPSA) is 114 Å². The second-order valence-electron chi connectivity index (χ2n) is 9.24. The van der Waals surface area contributed by atoms with Crippen LogP contribution in [0.3, 0.4) is 0 Å². The molecule has 5 aromatic rings. The molecule has 1 unspecified atom stereocenters. The normalized spacial score (nSPS) is 15.2. The summed E-state index contributed by atoms with van der Waals surface area (Å²) in [5.74, 6) is 0.927. The van der Waals surface area contributed by atoms with Crippen molar-refractivity contribution in [2.45, 2.75) is 18.9 Å². The summed E-state index contributed by atoms with van der Waals surface area (Å²) in [4.78, 5) is 49.0. The number of anilines is 1.